The van der Waals surface area contributed by atoms with Gasteiger partial charge in [-0.1, -0.05) is 22.4 Å². The average Bonchev–Trinajstić information content (AvgIpc) is 2.65. The second-order valence-corrected chi connectivity index (χ2v) is 8.03. The summed E-state index contributed by atoms with van der Waals surface area (Å²) in [6.45, 7) is 0. The number of benzene rings is 2. The first kappa shape index (κ1) is 17.3. The van der Waals surface area contributed by atoms with E-state index in [1.165, 1.54) is 24.3 Å². The third-order valence-corrected chi connectivity index (χ3v) is 6.23. The Kier molecular flexibility index (Phi) is 3.79. The second-order valence-electron chi connectivity index (χ2n) is 5.70. The number of halogens is 1. The van der Waals surface area contributed by atoms with E-state index in [2.05, 4.69) is 9.97 Å². The molecule has 0 saturated carbocycles. The Morgan fingerprint density at radius 1 is 1.11 bits per heavy atom. The van der Waals surface area contributed by atoms with Crippen molar-refractivity contribution in [3.8, 4) is 0 Å². The van der Waals surface area contributed by atoms with E-state index in [1.54, 1.807) is 24.4 Å². The Morgan fingerprint density at radius 3 is 2.67 bits per heavy atom. The summed E-state index contributed by atoms with van der Waals surface area (Å²) in [5.74, 6) is 0. The zero-order valence-electron chi connectivity index (χ0n) is 13.4. The van der Waals surface area contributed by atoms with Gasteiger partial charge in [0.15, 0.2) is 0 Å². The molecule has 0 amide bonds. The van der Waals surface area contributed by atoms with Crippen LogP contribution in [-0.4, -0.2) is 28.3 Å². The van der Waals surface area contributed by atoms with Crippen LogP contribution in [0.4, 0.5) is 0 Å². The maximum absolute atomic E-state index is 13.2. The highest BCUT2D eigenvalue weighted by Gasteiger charge is 2.24. The number of H-pyrrole nitrogens is 1. The van der Waals surface area contributed by atoms with Gasteiger partial charge in [-0.25, -0.2) is 13.2 Å². The van der Waals surface area contributed by atoms with Crippen LogP contribution in [0.25, 0.3) is 21.8 Å². The predicted octanol–water partition coefficient (Wildman–Crippen LogP) is 1.96. The maximum Gasteiger partial charge on any atom is 0.362 e. The molecule has 0 radical (unpaired) electrons. The molecule has 0 fully saturated rings. The molecule has 4 rings (SSSR count). The summed E-state index contributed by atoms with van der Waals surface area (Å²) in [6, 6.07) is 10.2. The molecule has 136 valence electrons. The summed E-state index contributed by atoms with van der Waals surface area (Å²) >= 11 is 5.98. The Morgan fingerprint density at radius 2 is 1.89 bits per heavy atom. The Bertz CT molecular complexity index is 1460. The van der Waals surface area contributed by atoms with E-state index < -0.39 is 21.1 Å². The minimum absolute atomic E-state index is 0.0411. The van der Waals surface area contributed by atoms with Gasteiger partial charge in [0.05, 0.1) is 31.2 Å². The predicted molar refractivity (Wildman–Crippen MR) is 98.2 cm³/mol. The molecule has 0 aliphatic heterocycles. The monoisotopic (exact) mass is 403 g/mol. The van der Waals surface area contributed by atoms with E-state index in [0.717, 1.165) is 0 Å². The Labute approximate surface area is 156 Å². The molecule has 0 atom stereocenters. The number of nitrogens with zero attached hydrogens (tertiary/aromatic N) is 2. The molecule has 2 aromatic carbocycles. The van der Waals surface area contributed by atoms with Crippen LogP contribution in [0.3, 0.4) is 0 Å². The van der Waals surface area contributed by atoms with Crippen LogP contribution < -0.4 is 11.2 Å². The first-order valence-electron chi connectivity index (χ1n) is 7.57. The number of rotatable bonds is 2. The van der Waals surface area contributed by atoms with Crippen molar-refractivity contribution in [1.82, 2.24) is 14.7 Å². The maximum atomic E-state index is 13.2. The fourth-order valence-electron chi connectivity index (χ4n) is 2.82. The highest BCUT2D eigenvalue weighted by molar-refractivity contribution is 7.91. The molecular formula is C17H10ClN3O5S. The van der Waals surface area contributed by atoms with Gasteiger partial charge in [0.25, 0.3) is 5.56 Å². The largest absolute Gasteiger partial charge is 0.421 e. The zero-order chi connectivity index (χ0) is 19.3. The number of hydrogen-bond donors (Lipinski definition) is 2. The number of sulfone groups is 1. The Hall–Kier alpha value is -3.17. The summed E-state index contributed by atoms with van der Waals surface area (Å²) in [6.07, 6.45) is 1.59. The van der Waals surface area contributed by atoms with Gasteiger partial charge in [-0.15, -0.1) is 0 Å². The van der Waals surface area contributed by atoms with Crippen LogP contribution in [0.15, 0.2) is 68.0 Å². The van der Waals surface area contributed by atoms with Gasteiger partial charge in [-0.05, 0) is 36.4 Å². The van der Waals surface area contributed by atoms with E-state index in [9.17, 15) is 23.2 Å². The van der Waals surface area contributed by atoms with Crippen LogP contribution in [0, 0.1) is 0 Å². The number of nitrogens with one attached hydrogen (secondary N) is 1. The second kappa shape index (κ2) is 5.93. The van der Waals surface area contributed by atoms with Gasteiger partial charge in [0.2, 0.25) is 9.84 Å². The van der Waals surface area contributed by atoms with Crippen LogP contribution in [0.5, 0.6) is 0 Å². The van der Waals surface area contributed by atoms with Crippen LogP contribution >= 0.6 is 11.6 Å². The molecule has 10 heteroatoms. The summed E-state index contributed by atoms with van der Waals surface area (Å²) in [5, 5.41) is 9.71. The lowest BCUT2D eigenvalue weighted by molar-refractivity contribution is 0.162. The van der Waals surface area contributed by atoms with Gasteiger partial charge in [-0.2, -0.15) is 0 Å². The van der Waals surface area contributed by atoms with Crippen molar-refractivity contribution < 1.29 is 13.6 Å². The minimum atomic E-state index is -4.11. The third-order valence-electron chi connectivity index (χ3n) is 4.12. The molecule has 0 aliphatic carbocycles. The summed E-state index contributed by atoms with van der Waals surface area (Å²) in [4.78, 5) is 29.9. The lowest BCUT2D eigenvalue weighted by Gasteiger charge is -2.10. The van der Waals surface area contributed by atoms with Gasteiger partial charge >= 0.3 is 5.69 Å². The normalized spacial score (nSPS) is 11.9. The fourth-order valence-corrected chi connectivity index (χ4v) is 4.51. The van der Waals surface area contributed by atoms with Crippen LogP contribution in [0.2, 0.25) is 5.02 Å². The van der Waals surface area contributed by atoms with Gasteiger partial charge in [0, 0.05) is 11.6 Å². The third kappa shape index (κ3) is 2.59. The van der Waals surface area contributed by atoms with Crippen molar-refractivity contribution >= 4 is 43.2 Å². The van der Waals surface area contributed by atoms with Crippen molar-refractivity contribution in [2.24, 2.45) is 0 Å². The standard InChI is InChI=1S/C17H10ClN3O5S/c18-11-4-6-13(15-14(11)16(22)21(24)17(23)20-15)27(25,26)10-3-5-12-9(8-10)2-1-7-19-12/h1-8,24H,(H,20,23). The number of aromatic amines is 1. The molecule has 0 saturated heterocycles. The zero-order valence-corrected chi connectivity index (χ0v) is 15.0. The summed E-state index contributed by atoms with van der Waals surface area (Å²) < 4.78 is 26.1. The lowest BCUT2D eigenvalue weighted by atomic mass is 10.2. The fraction of sp³-hybridized carbons (Fsp3) is 0. The molecule has 0 unspecified atom stereocenters. The quantitative estimate of drug-likeness (QED) is 0.493. The van der Waals surface area contributed by atoms with Gasteiger partial charge < -0.3 is 10.2 Å². The van der Waals surface area contributed by atoms with Crippen molar-refractivity contribution in [1.29, 1.82) is 0 Å². The van der Waals surface area contributed by atoms with Crippen molar-refractivity contribution in [2.45, 2.75) is 9.79 Å². The minimum Gasteiger partial charge on any atom is -0.421 e. The number of fused-ring (bicyclic) bond motifs is 2. The molecule has 0 aliphatic rings. The lowest BCUT2D eigenvalue weighted by Crippen LogP contribution is -2.33. The molecule has 0 bridgehead atoms. The highest BCUT2D eigenvalue weighted by Crippen LogP contribution is 2.30. The topological polar surface area (TPSA) is 122 Å². The van der Waals surface area contributed by atoms with E-state index in [1.807, 2.05) is 0 Å². The van der Waals surface area contributed by atoms with Crippen molar-refractivity contribution in [2.75, 3.05) is 0 Å². The van der Waals surface area contributed by atoms with Gasteiger partial charge in [0.1, 0.15) is 0 Å². The molecule has 2 aromatic heterocycles. The molecule has 0 spiro atoms. The molecule has 2 heterocycles. The Balaban J connectivity index is 2.07. The van der Waals surface area contributed by atoms with E-state index in [0.29, 0.717) is 10.9 Å². The van der Waals surface area contributed by atoms with Crippen LogP contribution in [0.1, 0.15) is 0 Å². The van der Waals surface area contributed by atoms with E-state index >= 15 is 0 Å². The van der Waals surface area contributed by atoms with E-state index in [-0.39, 0.29) is 30.4 Å². The molecule has 27 heavy (non-hydrogen) atoms. The summed E-state index contributed by atoms with van der Waals surface area (Å²) in [5.41, 5.74) is -1.93. The summed E-state index contributed by atoms with van der Waals surface area (Å²) in [7, 11) is -4.11. The first-order chi connectivity index (χ1) is 12.8. The number of aromatic nitrogens is 3. The number of pyridine rings is 1. The smallest absolute Gasteiger partial charge is 0.362 e. The molecule has 4 aromatic rings. The van der Waals surface area contributed by atoms with Crippen molar-refractivity contribution in [3.05, 3.63) is 74.5 Å². The van der Waals surface area contributed by atoms with Crippen LogP contribution in [-0.2, 0) is 9.84 Å². The molecule has 8 nitrogen and oxygen atoms in total. The van der Waals surface area contributed by atoms with Gasteiger partial charge in [-0.3, -0.25) is 9.78 Å². The number of hydrogen-bond acceptors (Lipinski definition) is 6. The van der Waals surface area contributed by atoms with Crippen molar-refractivity contribution in [3.63, 3.8) is 0 Å². The SMILES string of the molecule is O=c1[nH]c2c(S(=O)(=O)c3ccc4ncccc4c3)ccc(Cl)c2c(=O)n1O. The van der Waals surface area contributed by atoms with E-state index in [4.69, 9.17) is 11.6 Å². The first-order valence-corrected chi connectivity index (χ1v) is 9.43. The molecular weight excluding hydrogens is 394 g/mol. The highest BCUT2D eigenvalue weighted by atomic mass is 35.5. The molecule has 2 N–H and O–H groups in total. The average molecular weight is 404 g/mol.